The minimum absolute atomic E-state index is 0.0805. The number of halogens is 1. The minimum atomic E-state index is -0.403. The predicted molar refractivity (Wildman–Crippen MR) is 113 cm³/mol. The average molecular weight is 406 g/mol. The van der Waals surface area contributed by atoms with E-state index in [4.69, 9.17) is 0 Å². The summed E-state index contributed by atoms with van der Waals surface area (Å²) in [6.45, 7) is 0.555. The standard InChI is InChI=1S/C23H19FN2O2S/c24-19-7-4-8-20(13-19)25-22(28)17-9-11-18(12-10-17)23-26(21(27)15-29-23)14-16-5-2-1-3-6-16/h1-13,23H,14-15H2,(H,25,28)/t23-/m1/s1. The fourth-order valence-electron chi connectivity index (χ4n) is 3.25. The molecule has 4 nitrogen and oxygen atoms in total. The average Bonchev–Trinajstić information content (AvgIpc) is 3.09. The van der Waals surface area contributed by atoms with Gasteiger partial charge in [-0.15, -0.1) is 11.8 Å². The zero-order valence-corrected chi connectivity index (χ0v) is 16.4. The molecule has 0 aliphatic carbocycles. The van der Waals surface area contributed by atoms with Crippen LogP contribution in [0.5, 0.6) is 0 Å². The van der Waals surface area contributed by atoms with Crippen LogP contribution >= 0.6 is 11.8 Å². The monoisotopic (exact) mass is 406 g/mol. The molecular weight excluding hydrogens is 387 g/mol. The Kier molecular flexibility index (Phi) is 5.62. The van der Waals surface area contributed by atoms with Crippen LogP contribution in [0.2, 0.25) is 0 Å². The number of rotatable bonds is 5. The SMILES string of the molecule is O=C(Nc1cccc(F)c1)c1ccc([C@H]2SCC(=O)N2Cc2ccccc2)cc1. The fourth-order valence-corrected chi connectivity index (χ4v) is 4.44. The summed E-state index contributed by atoms with van der Waals surface area (Å²) < 4.78 is 13.3. The third-order valence-electron chi connectivity index (χ3n) is 4.70. The van der Waals surface area contributed by atoms with Crippen LogP contribution in [0.4, 0.5) is 10.1 Å². The van der Waals surface area contributed by atoms with E-state index in [0.29, 0.717) is 23.5 Å². The lowest BCUT2D eigenvalue weighted by atomic mass is 10.1. The van der Waals surface area contributed by atoms with Crippen molar-refractivity contribution < 1.29 is 14.0 Å². The normalized spacial score (nSPS) is 16.1. The van der Waals surface area contributed by atoms with Crippen LogP contribution in [0.15, 0.2) is 78.9 Å². The van der Waals surface area contributed by atoms with E-state index in [9.17, 15) is 14.0 Å². The minimum Gasteiger partial charge on any atom is -0.322 e. The molecule has 3 aromatic carbocycles. The van der Waals surface area contributed by atoms with Gasteiger partial charge in [0, 0.05) is 17.8 Å². The second-order valence-electron chi connectivity index (χ2n) is 6.76. The van der Waals surface area contributed by atoms with Crippen molar-refractivity contribution in [3.05, 3.63) is 101 Å². The lowest BCUT2D eigenvalue weighted by Gasteiger charge is -2.24. The quantitative estimate of drug-likeness (QED) is 0.659. The molecular formula is C23H19FN2O2S. The number of anilines is 1. The number of benzene rings is 3. The summed E-state index contributed by atoms with van der Waals surface area (Å²) in [6.07, 6.45) is 0. The summed E-state index contributed by atoms with van der Waals surface area (Å²) >= 11 is 1.58. The number of hydrogen-bond acceptors (Lipinski definition) is 3. The maximum atomic E-state index is 13.3. The largest absolute Gasteiger partial charge is 0.322 e. The van der Waals surface area contributed by atoms with Crippen molar-refractivity contribution in [3.8, 4) is 0 Å². The molecule has 0 spiro atoms. The van der Waals surface area contributed by atoms with Gasteiger partial charge < -0.3 is 10.2 Å². The predicted octanol–water partition coefficient (Wildman–Crippen LogP) is 4.85. The van der Waals surface area contributed by atoms with Crippen LogP contribution in [0.1, 0.15) is 26.9 Å². The zero-order valence-electron chi connectivity index (χ0n) is 15.5. The second kappa shape index (κ2) is 8.49. The molecule has 1 N–H and O–H groups in total. The topological polar surface area (TPSA) is 49.4 Å². The Balaban J connectivity index is 1.47. The maximum Gasteiger partial charge on any atom is 0.255 e. The first-order valence-corrected chi connectivity index (χ1v) is 10.3. The van der Waals surface area contributed by atoms with Gasteiger partial charge in [0.15, 0.2) is 0 Å². The first-order chi connectivity index (χ1) is 14.1. The zero-order chi connectivity index (χ0) is 20.2. The summed E-state index contributed by atoms with van der Waals surface area (Å²) in [5, 5.41) is 2.61. The Morgan fingerprint density at radius 2 is 1.79 bits per heavy atom. The molecule has 29 heavy (non-hydrogen) atoms. The lowest BCUT2D eigenvalue weighted by Crippen LogP contribution is -2.27. The van der Waals surface area contributed by atoms with Crippen molar-refractivity contribution in [2.75, 3.05) is 11.1 Å². The van der Waals surface area contributed by atoms with E-state index in [-0.39, 0.29) is 17.2 Å². The highest BCUT2D eigenvalue weighted by Crippen LogP contribution is 2.39. The third kappa shape index (κ3) is 4.49. The van der Waals surface area contributed by atoms with Crippen molar-refractivity contribution in [2.24, 2.45) is 0 Å². The van der Waals surface area contributed by atoms with Gasteiger partial charge >= 0.3 is 0 Å². The van der Waals surface area contributed by atoms with Crippen LogP contribution in [0, 0.1) is 5.82 Å². The van der Waals surface area contributed by atoms with Crippen LogP contribution in [0.25, 0.3) is 0 Å². The van der Waals surface area contributed by atoms with Gasteiger partial charge in [-0.3, -0.25) is 9.59 Å². The van der Waals surface area contributed by atoms with E-state index in [1.54, 1.807) is 36.0 Å². The van der Waals surface area contributed by atoms with Gasteiger partial charge in [-0.2, -0.15) is 0 Å². The molecule has 1 fully saturated rings. The summed E-state index contributed by atoms with van der Waals surface area (Å²) in [7, 11) is 0. The van der Waals surface area contributed by atoms with Gasteiger partial charge in [0.05, 0.1) is 5.75 Å². The molecule has 0 aromatic heterocycles. The molecule has 1 heterocycles. The molecule has 1 atom stereocenters. The van der Waals surface area contributed by atoms with Crippen molar-refractivity contribution >= 4 is 29.3 Å². The van der Waals surface area contributed by atoms with Crippen LogP contribution in [0.3, 0.4) is 0 Å². The molecule has 4 rings (SSSR count). The Bertz CT molecular complexity index is 1020. The first kappa shape index (κ1) is 19.2. The second-order valence-corrected chi connectivity index (χ2v) is 7.83. The van der Waals surface area contributed by atoms with E-state index in [1.807, 2.05) is 47.4 Å². The molecule has 0 saturated carbocycles. The Morgan fingerprint density at radius 1 is 1.03 bits per heavy atom. The molecule has 6 heteroatoms. The van der Waals surface area contributed by atoms with E-state index >= 15 is 0 Å². The highest BCUT2D eigenvalue weighted by molar-refractivity contribution is 8.00. The number of amides is 2. The van der Waals surface area contributed by atoms with Crippen LogP contribution in [-0.4, -0.2) is 22.5 Å². The van der Waals surface area contributed by atoms with Gasteiger partial charge in [-0.05, 0) is 41.5 Å². The third-order valence-corrected chi connectivity index (χ3v) is 5.96. The lowest BCUT2D eigenvalue weighted by molar-refractivity contribution is -0.128. The molecule has 0 radical (unpaired) electrons. The molecule has 146 valence electrons. The molecule has 1 aliphatic rings. The molecule has 1 saturated heterocycles. The van der Waals surface area contributed by atoms with Gasteiger partial charge in [0.25, 0.3) is 5.91 Å². The van der Waals surface area contributed by atoms with Gasteiger partial charge in [-0.25, -0.2) is 4.39 Å². The Morgan fingerprint density at radius 3 is 2.52 bits per heavy atom. The fraction of sp³-hybridized carbons (Fsp3) is 0.130. The van der Waals surface area contributed by atoms with Gasteiger partial charge in [-0.1, -0.05) is 48.5 Å². The van der Waals surface area contributed by atoms with Crippen molar-refractivity contribution in [1.29, 1.82) is 0 Å². The highest BCUT2D eigenvalue weighted by Gasteiger charge is 2.32. The van der Waals surface area contributed by atoms with E-state index in [2.05, 4.69) is 5.32 Å². The van der Waals surface area contributed by atoms with E-state index in [0.717, 1.165) is 11.1 Å². The van der Waals surface area contributed by atoms with Gasteiger partial charge in [0.1, 0.15) is 11.2 Å². The van der Waals surface area contributed by atoms with Crippen molar-refractivity contribution in [3.63, 3.8) is 0 Å². The maximum absolute atomic E-state index is 13.3. The smallest absolute Gasteiger partial charge is 0.255 e. The number of nitrogens with zero attached hydrogens (tertiary/aromatic N) is 1. The molecule has 0 bridgehead atoms. The van der Waals surface area contributed by atoms with E-state index in [1.165, 1.54) is 12.1 Å². The molecule has 3 aromatic rings. The number of hydrogen-bond donors (Lipinski definition) is 1. The Labute approximate surface area is 172 Å². The van der Waals surface area contributed by atoms with Crippen LogP contribution < -0.4 is 5.32 Å². The number of nitrogens with one attached hydrogen (secondary N) is 1. The highest BCUT2D eigenvalue weighted by atomic mass is 32.2. The summed E-state index contributed by atoms with van der Waals surface area (Å²) in [6, 6.07) is 22.9. The first-order valence-electron chi connectivity index (χ1n) is 9.22. The van der Waals surface area contributed by atoms with E-state index < -0.39 is 5.82 Å². The van der Waals surface area contributed by atoms with Crippen LogP contribution in [-0.2, 0) is 11.3 Å². The summed E-state index contributed by atoms with van der Waals surface area (Å²) in [5.74, 6) is -0.158. The molecule has 2 amide bonds. The van der Waals surface area contributed by atoms with Crippen molar-refractivity contribution in [1.82, 2.24) is 4.90 Å². The molecule has 1 aliphatic heterocycles. The van der Waals surface area contributed by atoms with Gasteiger partial charge in [0.2, 0.25) is 5.91 Å². The number of carbonyl (C=O) groups excluding carboxylic acids is 2. The van der Waals surface area contributed by atoms with Crippen molar-refractivity contribution in [2.45, 2.75) is 11.9 Å². The summed E-state index contributed by atoms with van der Waals surface area (Å²) in [4.78, 5) is 26.7. The number of thioether (sulfide) groups is 1. The number of carbonyl (C=O) groups is 2. The summed E-state index contributed by atoms with van der Waals surface area (Å²) in [5.41, 5.74) is 2.94. The molecule has 0 unspecified atom stereocenters. The Hall–Kier alpha value is -3.12.